The number of aromatic nitrogens is 2. The number of thioether (sulfide) groups is 1. The van der Waals surface area contributed by atoms with Gasteiger partial charge in [-0.3, -0.25) is 0 Å². The highest BCUT2D eigenvalue weighted by Gasteiger charge is 2.28. The third-order valence-corrected chi connectivity index (χ3v) is 5.82. The predicted molar refractivity (Wildman–Crippen MR) is 94.0 cm³/mol. The fourth-order valence-corrected chi connectivity index (χ4v) is 4.80. The van der Waals surface area contributed by atoms with E-state index in [4.69, 9.17) is 28.2 Å². The number of hydrogen-bond acceptors (Lipinski definition) is 2. The molecule has 2 unspecified atom stereocenters. The van der Waals surface area contributed by atoms with E-state index in [2.05, 4.69) is 29.3 Å². The van der Waals surface area contributed by atoms with E-state index in [0.29, 0.717) is 11.9 Å². The van der Waals surface area contributed by atoms with Gasteiger partial charge in [-0.15, -0.1) is 11.6 Å². The zero-order valence-corrected chi connectivity index (χ0v) is 14.5. The molecule has 0 aliphatic heterocycles. The molecule has 3 rings (SSSR count). The Morgan fingerprint density at radius 1 is 1.38 bits per heavy atom. The average Bonchev–Trinajstić information content (AvgIpc) is 3.03. The van der Waals surface area contributed by atoms with E-state index in [9.17, 15) is 0 Å². The number of alkyl halides is 1. The number of hydrogen-bond donors (Lipinski definition) is 0. The van der Waals surface area contributed by atoms with Gasteiger partial charge in [-0.1, -0.05) is 18.5 Å². The number of imidazole rings is 1. The van der Waals surface area contributed by atoms with Crippen molar-refractivity contribution in [3.05, 3.63) is 29.0 Å². The van der Waals surface area contributed by atoms with E-state index in [1.165, 1.54) is 30.5 Å². The molecule has 21 heavy (non-hydrogen) atoms. The molecule has 0 bridgehead atoms. The van der Waals surface area contributed by atoms with Crippen LogP contribution < -0.4 is 0 Å². The minimum Gasteiger partial charge on any atom is -0.325 e. The van der Waals surface area contributed by atoms with Crippen molar-refractivity contribution in [2.45, 2.75) is 43.9 Å². The van der Waals surface area contributed by atoms with Crippen molar-refractivity contribution in [2.24, 2.45) is 0 Å². The zero-order chi connectivity index (χ0) is 14.8. The molecule has 1 aliphatic carbocycles. The van der Waals surface area contributed by atoms with Crippen LogP contribution in [0.2, 0.25) is 5.02 Å². The van der Waals surface area contributed by atoms with Gasteiger partial charge in [-0.25, -0.2) is 4.98 Å². The Hall–Kier alpha value is -0.380. The molecule has 1 aliphatic rings. The third-order valence-electron chi connectivity index (χ3n) is 4.17. The Kier molecular flexibility index (Phi) is 5.03. The van der Waals surface area contributed by atoms with Gasteiger partial charge in [0.05, 0.1) is 11.0 Å². The molecule has 0 radical (unpaired) electrons. The monoisotopic (exact) mass is 342 g/mol. The molecule has 114 valence electrons. The molecule has 1 saturated carbocycles. The number of halogens is 2. The zero-order valence-electron chi connectivity index (χ0n) is 12.2. The number of aryl methyl sites for hydroxylation is 1. The number of benzene rings is 1. The van der Waals surface area contributed by atoms with Gasteiger partial charge in [0.25, 0.3) is 0 Å². The van der Waals surface area contributed by atoms with Crippen molar-refractivity contribution >= 4 is 46.0 Å². The minimum atomic E-state index is 0.554. The Labute approximate surface area is 140 Å². The number of nitrogens with zero attached hydrogens (tertiary/aromatic N) is 2. The summed E-state index contributed by atoms with van der Waals surface area (Å²) in [5, 5.41) is 1.53. The van der Waals surface area contributed by atoms with E-state index in [1.807, 2.05) is 12.1 Å². The van der Waals surface area contributed by atoms with Gasteiger partial charge in [-0.05, 0) is 43.2 Å². The summed E-state index contributed by atoms with van der Waals surface area (Å²) in [4.78, 5) is 4.77. The molecule has 0 N–H and O–H groups in total. The maximum Gasteiger partial charge on any atom is 0.111 e. The molecule has 1 heterocycles. The Bertz CT molecular complexity index is 626. The van der Waals surface area contributed by atoms with E-state index in [1.54, 1.807) is 0 Å². The highest BCUT2D eigenvalue weighted by atomic mass is 35.5. The van der Waals surface area contributed by atoms with Gasteiger partial charge < -0.3 is 4.57 Å². The van der Waals surface area contributed by atoms with Crippen LogP contribution in [-0.2, 0) is 6.42 Å². The van der Waals surface area contributed by atoms with E-state index in [-0.39, 0.29) is 0 Å². The summed E-state index contributed by atoms with van der Waals surface area (Å²) in [7, 11) is 0. The second kappa shape index (κ2) is 6.80. The Morgan fingerprint density at radius 2 is 2.24 bits per heavy atom. The van der Waals surface area contributed by atoms with Crippen LogP contribution in [0, 0.1) is 0 Å². The maximum atomic E-state index is 6.10. The minimum absolute atomic E-state index is 0.554. The average molecular weight is 343 g/mol. The van der Waals surface area contributed by atoms with Gasteiger partial charge in [0.15, 0.2) is 0 Å². The van der Waals surface area contributed by atoms with Gasteiger partial charge in [-0.2, -0.15) is 11.8 Å². The van der Waals surface area contributed by atoms with Crippen molar-refractivity contribution < 1.29 is 0 Å². The van der Waals surface area contributed by atoms with Crippen LogP contribution in [0.1, 0.15) is 38.1 Å². The summed E-state index contributed by atoms with van der Waals surface area (Å²) < 4.78 is 2.42. The molecule has 0 spiro atoms. The lowest BCUT2D eigenvalue weighted by molar-refractivity contribution is 0.514. The van der Waals surface area contributed by atoms with Crippen LogP contribution in [0.15, 0.2) is 18.2 Å². The van der Waals surface area contributed by atoms with Crippen molar-refractivity contribution in [3.8, 4) is 0 Å². The molecular weight excluding hydrogens is 323 g/mol. The number of rotatable bonds is 5. The van der Waals surface area contributed by atoms with Crippen LogP contribution >= 0.6 is 35.0 Å². The van der Waals surface area contributed by atoms with Crippen LogP contribution in [-0.4, -0.2) is 26.4 Å². The molecule has 1 fully saturated rings. The SMILES string of the molecule is CCSC1CCC(n2c(CCCl)nc3cc(Cl)ccc32)C1. The van der Waals surface area contributed by atoms with Crippen molar-refractivity contribution in [1.29, 1.82) is 0 Å². The molecule has 0 saturated heterocycles. The first kappa shape index (κ1) is 15.5. The van der Waals surface area contributed by atoms with Crippen LogP contribution in [0.4, 0.5) is 0 Å². The van der Waals surface area contributed by atoms with E-state index < -0.39 is 0 Å². The first-order valence-corrected chi connectivity index (χ1v) is 9.53. The van der Waals surface area contributed by atoms with Crippen LogP contribution in [0.25, 0.3) is 11.0 Å². The summed E-state index contributed by atoms with van der Waals surface area (Å²) in [5.41, 5.74) is 2.20. The molecule has 2 nitrogen and oxygen atoms in total. The molecule has 0 amide bonds. The molecule has 1 aromatic heterocycles. The van der Waals surface area contributed by atoms with Crippen molar-refractivity contribution in [2.75, 3.05) is 11.6 Å². The third kappa shape index (κ3) is 3.20. The predicted octanol–water partition coefficient (Wildman–Crippen LogP) is 5.32. The van der Waals surface area contributed by atoms with Crippen LogP contribution in [0.3, 0.4) is 0 Å². The summed E-state index contributed by atoms with van der Waals surface area (Å²) in [6.45, 7) is 2.24. The quantitative estimate of drug-likeness (QED) is 0.684. The molecular formula is C16H20Cl2N2S. The molecule has 5 heteroatoms. The first-order valence-electron chi connectivity index (χ1n) is 7.56. The smallest absolute Gasteiger partial charge is 0.111 e. The van der Waals surface area contributed by atoms with Gasteiger partial charge >= 0.3 is 0 Å². The molecule has 2 aromatic rings. The van der Waals surface area contributed by atoms with Crippen molar-refractivity contribution in [3.63, 3.8) is 0 Å². The van der Waals surface area contributed by atoms with E-state index in [0.717, 1.165) is 28.0 Å². The summed E-state index contributed by atoms with van der Waals surface area (Å²) in [5.74, 6) is 2.91. The Morgan fingerprint density at radius 3 is 3.00 bits per heavy atom. The van der Waals surface area contributed by atoms with Gasteiger partial charge in [0.2, 0.25) is 0 Å². The molecule has 2 atom stereocenters. The lowest BCUT2D eigenvalue weighted by Crippen LogP contribution is -2.11. The first-order chi connectivity index (χ1) is 10.2. The summed E-state index contributed by atoms with van der Waals surface area (Å²) in [6.07, 6.45) is 4.59. The lowest BCUT2D eigenvalue weighted by atomic mass is 10.2. The molecule has 1 aromatic carbocycles. The fraction of sp³-hybridized carbons (Fsp3) is 0.562. The number of fused-ring (bicyclic) bond motifs is 1. The summed E-state index contributed by atoms with van der Waals surface area (Å²) >= 11 is 14.2. The fourth-order valence-electron chi connectivity index (χ4n) is 3.33. The lowest BCUT2D eigenvalue weighted by Gasteiger charge is -2.17. The highest BCUT2D eigenvalue weighted by molar-refractivity contribution is 7.99. The standard InChI is InChI=1S/C16H20Cl2N2S/c1-2-21-13-5-4-12(10-13)20-15-6-3-11(18)9-14(15)19-16(20)7-8-17/h3,6,9,12-13H,2,4-5,7-8,10H2,1H3. The van der Waals surface area contributed by atoms with Gasteiger partial charge in [0, 0.05) is 28.6 Å². The van der Waals surface area contributed by atoms with Crippen LogP contribution in [0.5, 0.6) is 0 Å². The second-order valence-corrected chi connectivity index (χ2v) is 7.91. The normalized spacial score (nSPS) is 22.2. The van der Waals surface area contributed by atoms with Crippen molar-refractivity contribution in [1.82, 2.24) is 9.55 Å². The maximum absolute atomic E-state index is 6.10. The highest BCUT2D eigenvalue weighted by Crippen LogP contribution is 2.39. The van der Waals surface area contributed by atoms with Gasteiger partial charge in [0.1, 0.15) is 5.82 Å². The largest absolute Gasteiger partial charge is 0.325 e. The Balaban J connectivity index is 1.97. The second-order valence-electron chi connectivity index (χ2n) is 5.51. The van der Waals surface area contributed by atoms with E-state index >= 15 is 0 Å². The topological polar surface area (TPSA) is 17.8 Å². The summed E-state index contributed by atoms with van der Waals surface area (Å²) in [6, 6.07) is 6.57.